The summed E-state index contributed by atoms with van der Waals surface area (Å²) >= 11 is 0. The Bertz CT molecular complexity index is 1360. The first-order valence-electron chi connectivity index (χ1n) is 11.7. The minimum atomic E-state index is -3.79. The van der Waals surface area contributed by atoms with Crippen molar-refractivity contribution in [2.24, 2.45) is 7.05 Å². The van der Waals surface area contributed by atoms with Crippen LogP contribution in [0.2, 0.25) is 0 Å². The Balaban J connectivity index is 1.73. The van der Waals surface area contributed by atoms with Crippen LogP contribution in [0.3, 0.4) is 0 Å². The maximum Gasteiger partial charge on any atom is 0.274 e. The number of aromatic nitrogens is 1. The highest BCUT2D eigenvalue weighted by molar-refractivity contribution is 7.92. The second kappa shape index (κ2) is 8.63. The SMILES string of the molecule is Cn1cc(S(=O)(=O)NC(C)(C)C)cc1C(=O)N1CC2(CCCCC2)c2cc(NS(C)(=O)=O)ccc21. The van der Waals surface area contributed by atoms with E-state index in [1.807, 2.05) is 6.07 Å². The van der Waals surface area contributed by atoms with Crippen molar-refractivity contribution in [1.29, 1.82) is 0 Å². The molecule has 4 rings (SSSR count). The molecular formula is C24H34N4O5S2. The Morgan fingerprint density at radius 1 is 1.03 bits per heavy atom. The number of aryl methyl sites for hydroxylation is 1. The van der Waals surface area contributed by atoms with Gasteiger partial charge in [-0.3, -0.25) is 9.52 Å². The van der Waals surface area contributed by atoms with Gasteiger partial charge in [-0.05, 0) is 63.4 Å². The number of carbonyl (C=O) groups excluding carboxylic acids is 1. The fourth-order valence-electron chi connectivity index (χ4n) is 5.28. The first kappa shape index (κ1) is 25.7. The van der Waals surface area contributed by atoms with Crippen LogP contribution in [0.15, 0.2) is 35.4 Å². The fourth-order valence-corrected chi connectivity index (χ4v) is 7.32. The van der Waals surface area contributed by atoms with Crippen molar-refractivity contribution in [2.75, 3.05) is 22.4 Å². The molecule has 2 heterocycles. The van der Waals surface area contributed by atoms with Gasteiger partial charge in [0.15, 0.2) is 0 Å². The number of carbonyl (C=O) groups is 1. The first-order valence-corrected chi connectivity index (χ1v) is 15.1. The van der Waals surface area contributed by atoms with Crippen LogP contribution in [0.1, 0.15) is 68.9 Å². The molecule has 1 aromatic carbocycles. The minimum Gasteiger partial charge on any atom is -0.345 e. The lowest BCUT2D eigenvalue weighted by molar-refractivity contribution is 0.0974. The van der Waals surface area contributed by atoms with Crippen LogP contribution in [0.5, 0.6) is 0 Å². The fraction of sp³-hybridized carbons (Fsp3) is 0.542. The van der Waals surface area contributed by atoms with E-state index in [0.29, 0.717) is 12.2 Å². The van der Waals surface area contributed by atoms with E-state index in [0.717, 1.165) is 49.6 Å². The van der Waals surface area contributed by atoms with Crippen molar-refractivity contribution in [3.8, 4) is 0 Å². The summed E-state index contributed by atoms with van der Waals surface area (Å²) in [5.74, 6) is -0.280. The lowest BCUT2D eigenvalue weighted by Gasteiger charge is -2.34. The van der Waals surface area contributed by atoms with Gasteiger partial charge in [-0.15, -0.1) is 0 Å². The Hall–Kier alpha value is -2.37. The number of hydrogen-bond acceptors (Lipinski definition) is 5. The highest BCUT2D eigenvalue weighted by Crippen LogP contribution is 2.50. The lowest BCUT2D eigenvalue weighted by Crippen LogP contribution is -2.40. The molecule has 1 aliphatic carbocycles. The largest absolute Gasteiger partial charge is 0.345 e. The zero-order valence-electron chi connectivity index (χ0n) is 20.9. The normalized spacial score (nSPS) is 18.0. The number of nitrogens with zero attached hydrogens (tertiary/aromatic N) is 2. The van der Waals surface area contributed by atoms with Crippen LogP contribution in [0.25, 0.3) is 0 Å². The molecule has 1 saturated carbocycles. The van der Waals surface area contributed by atoms with Gasteiger partial charge in [0, 0.05) is 42.1 Å². The molecule has 0 bridgehead atoms. The zero-order chi connectivity index (χ0) is 25.8. The predicted molar refractivity (Wildman–Crippen MR) is 137 cm³/mol. The summed E-state index contributed by atoms with van der Waals surface area (Å²) in [6, 6.07) is 6.71. The third kappa shape index (κ3) is 5.26. The summed E-state index contributed by atoms with van der Waals surface area (Å²) in [6.45, 7) is 5.77. The van der Waals surface area contributed by atoms with Gasteiger partial charge in [-0.1, -0.05) is 19.3 Å². The molecule has 35 heavy (non-hydrogen) atoms. The van der Waals surface area contributed by atoms with E-state index in [-0.39, 0.29) is 21.9 Å². The molecule has 1 spiro atoms. The van der Waals surface area contributed by atoms with E-state index in [4.69, 9.17) is 0 Å². The average molecular weight is 523 g/mol. The van der Waals surface area contributed by atoms with E-state index in [1.54, 1.807) is 49.4 Å². The predicted octanol–water partition coefficient (Wildman–Crippen LogP) is 3.34. The summed E-state index contributed by atoms with van der Waals surface area (Å²) in [5.41, 5.74) is 1.57. The van der Waals surface area contributed by atoms with Gasteiger partial charge in [0.25, 0.3) is 5.91 Å². The first-order chi connectivity index (χ1) is 16.1. The maximum absolute atomic E-state index is 13.8. The second-order valence-corrected chi connectivity index (χ2v) is 14.3. The van der Waals surface area contributed by atoms with E-state index < -0.39 is 25.6 Å². The molecule has 0 unspecified atom stereocenters. The maximum atomic E-state index is 13.8. The van der Waals surface area contributed by atoms with Crippen LogP contribution < -0.4 is 14.3 Å². The van der Waals surface area contributed by atoms with Gasteiger partial charge < -0.3 is 9.47 Å². The van der Waals surface area contributed by atoms with Crippen molar-refractivity contribution in [3.63, 3.8) is 0 Å². The van der Waals surface area contributed by atoms with E-state index in [1.165, 1.54) is 12.3 Å². The van der Waals surface area contributed by atoms with Gasteiger partial charge in [0.05, 0.1) is 6.26 Å². The Labute approximate surface area is 208 Å². The molecule has 0 saturated heterocycles. The third-order valence-corrected chi connectivity index (χ3v) is 8.96. The molecular weight excluding hydrogens is 488 g/mol. The highest BCUT2D eigenvalue weighted by Gasteiger charge is 2.46. The van der Waals surface area contributed by atoms with Crippen LogP contribution in [-0.4, -0.2) is 45.6 Å². The standard InChI is InChI=1S/C24H34N4O5S2/c1-23(2,3)26-35(32,33)18-14-21(27(4)15-18)22(29)28-16-24(11-7-6-8-12-24)19-13-17(9-10-20(19)28)25-34(5,30)31/h9-10,13-15,25-26H,6-8,11-12,16H2,1-5H3. The number of hydrogen-bond donors (Lipinski definition) is 2. The van der Waals surface area contributed by atoms with Gasteiger partial charge >= 0.3 is 0 Å². The van der Waals surface area contributed by atoms with Gasteiger partial charge in [0.1, 0.15) is 10.6 Å². The average Bonchev–Trinajstić information content (AvgIpc) is 3.25. The van der Waals surface area contributed by atoms with Crippen LogP contribution in [-0.2, 0) is 32.5 Å². The molecule has 11 heteroatoms. The molecule has 0 atom stereocenters. The number of amides is 1. The minimum absolute atomic E-state index is 0.0396. The molecule has 0 radical (unpaired) electrons. The highest BCUT2D eigenvalue weighted by atomic mass is 32.2. The Kier molecular flexibility index (Phi) is 6.34. The van der Waals surface area contributed by atoms with Crippen molar-refractivity contribution >= 4 is 37.3 Å². The smallest absolute Gasteiger partial charge is 0.274 e. The molecule has 2 aliphatic rings. The quantitative estimate of drug-likeness (QED) is 0.625. The van der Waals surface area contributed by atoms with Crippen molar-refractivity contribution < 1.29 is 21.6 Å². The monoisotopic (exact) mass is 522 g/mol. The summed E-state index contributed by atoms with van der Waals surface area (Å²) < 4.78 is 56.0. The molecule has 2 aromatic rings. The van der Waals surface area contributed by atoms with Crippen molar-refractivity contribution in [3.05, 3.63) is 41.7 Å². The van der Waals surface area contributed by atoms with Gasteiger partial charge in [-0.25, -0.2) is 21.6 Å². The van der Waals surface area contributed by atoms with Crippen molar-refractivity contribution in [2.45, 2.75) is 68.7 Å². The molecule has 1 aliphatic heterocycles. The topological polar surface area (TPSA) is 118 Å². The number of benzene rings is 1. The zero-order valence-corrected chi connectivity index (χ0v) is 22.5. The number of sulfonamides is 2. The molecule has 9 nitrogen and oxygen atoms in total. The summed E-state index contributed by atoms with van der Waals surface area (Å²) in [5, 5.41) is 0. The molecule has 2 N–H and O–H groups in total. The van der Waals surface area contributed by atoms with Gasteiger partial charge in [0.2, 0.25) is 20.0 Å². The van der Waals surface area contributed by atoms with E-state index >= 15 is 0 Å². The molecule has 1 fully saturated rings. The summed E-state index contributed by atoms with van der Waals surface area (Å²) in [7, 11) is -5.57. The summed E-state index contributed by atoms with van der Waals surface area (Å²) in [6.07, 6.45) is 7.59. The molecule has 192 valence electrons. The van der Waals surface area contributed by atoms with Crippen molar-refractivity contribution in [1.82, 2.24) is 9.29 Å². The summed E-state index contributed by atoms with van der Waals surface area (Å²) in [4.78, 5) is 15.5. The van der Waals surface area contributed by atoms with Crippen LogP contribution in [0.4, 0.5) is 11.4 Å². The molecule has 1 amide bonds. The number of rotatable bonds is 5. The Morgan fingerprint density at radius 3 is 2.29 bits per heavy atom. The lowest BCUT2D eigenvalue weighted by atomic mass is 9.70. The van der Waals surface area contributed by atoms with Crippen LogP contribution >= 0.6 is 0 Å². The number of nitrogens with one attached hydrogen (secondary N) is 2. The van der Waals surface area contributed by atoms with E-state index in [9.17, 15) is 21.6 Å². The number of anilines is 2. The van der Waals surface area contributed by atoms with Gasteiger partial charge in [-0.2, -0.15) is 0 Å². The van der Waals surface area contributed by atoms with Crippen LogP contribution in [0, 0.1) is 0 Å². The van der Waals surface area contributed by atoms with E-state index in [2.05, 4.69) is 9.44 Å². The molecule has 1 aromatic heterocycles. The second-order valence-electron chi connectivity index (χ2n) is 10.9. The third-order valence-electron chi connectivity index (χ3n) is 6.63. The Morgan fingerprint density at radius 2 is 1.69 bits per heavy atom. The number of fused-ring (bicyclic) bond motifs is 2.